The largest absolute Gasteiger partial charge is 0.379 e. The van der Waals surface area contributed by atoms with Crippen molar-refractivity contribution in [2.24, 2.45) is 0 Å². The van der Waals surface area contributed by atoms with E-state index >= 15 is 0 Å². The Balaban J connectivity index is 1.63. The molecule has 0 aromatic carbocycles. The van der Waals surface area contributed by atoms with Gasteiger partial charge in [0.2, 0.25) is 0 Å². The summed E-state index contributed by atoms with van der Waals surface area (Å²) >= 11 is 1.55. The van der Waals surface area contributed by atoms with Gasteiger partial charge >= 0.3 is 0 Å². The molecule has 0 bridgehead atoms. The number of hydrogen-bond donors (Lipinski definition) is 1. The molecule has 1 amide bonds. The predicted octanol–water partition coefficient (Wildman–Crippen LogP) is 1.77. The first-order valence-corrected chi connectivity index (χ1v) is 9.03. The number of nitrogens with one attached hydrogen (secondary N) is 1. The van der Waals surface area contributed by atoms with Crippen LogP contribution in [0, 0.1) is 6.92 Å². The van der Waals surface area contributed by atoms with E-state index in [-0.39, 0.29) is 18.1 Å². The molecule has 3 heterocycles. The van der Waals surface area contributed by atoms with Gasteiger partial charge in [-0.1, -0.05) is 0 Å². The van der Waals surface area contributed by atoms with Crippen molar-refractivity contribution in [1.29, 1.82) is 0 Å². The van der Waals surface area contributed by atoms with Crippen molar-refractivity contribution < 1.29 is 14.3 Å². The molecule has 7 nitrogen and oxygen atoms in total. The van der Waals surface area contributed by atoms with Crippen LogP contribution in [0.3, 0.4) is 0 Å². The first kappa shape index (κ1) is 17.1. The van der Waals surface area contributed by atoms with Crippen LogP contribution in [-0.4, -0.2) is 46.0 Å². The van der Waals surface area contributed by atoms with E-state index in [1.54, 1.807) is 27.6 Å². The summed E-state index contributed by atoms with van der Waals surface area (Å²) in [5.74, 6) is -0.143. The third-order valence-electron chi connectivity index (χ3n) is 3.97. The third-order valence-corrected chi connectivity index (χ3v) is 4.61. The first-order chi connectivity index (χ1) is 11.7. The van der Waals surface area contributed by atoms with Crippen molar-refractivity contribution >= 4 is 17.2 Å². The van der Waals surface area contributed by atoms with Crippen LogP contribution in [0.4, 0.5) is 0 Å². The van der Waals surface area contributed by atoms with Gasteiger partial charge in [-0.25, -0.2) is 4.98 Å². The fraction of sp³-hybridized carbons (Fsp3) is 0.562. The van der Waals surface area contributed by atoms with Gasteiger partial charge < -0.3 is 14.8 Å². The smallest absolute Gasteiger partial charge is 0.269 e. The van der Waals surface area contributed by atoms with Crippen molar-refractivity contribution in [3.05, 3.63) is 34.0 Å². The summed E-state index contributed by atoms with van der Waals surface area (Å²) in [6.07, 6.45) is 0.671. The molecular weight excluding hydrogens is 328 g/mol. The molecule has 2 atom stereocenters. The van der Waals surface area contributed by atoms with E-state index in [1.165, 1.54) is 0 Å². The molecule has 0 aliphatic carbocycles. The standard InChI is InChI=1S/C16H22N4O3S/c1-3-20-14(6-11(2)19-20)16(21)18-13-8-22-5-4-15(13)23-7-12-9-24-10-17-12/h6,9-10,13,15H,3-5,7-8H2,1-2H3,(H,18,21). The van der Waals surface area contributed by atoms with Gasteiger partial charge in [-0.15, -0.1) is 11.3 Å². The molecule has 24 heavy (non-hydrogen) atoms. The highest BCUT2D eigenvalue weighted by molar-refractivity contribution is 7.07. The summed E-state index contributed by atoms with van der Waals surface area (Å²) in [5, 5.41) is 9.32. The van der Waals surface area contributed by atoms with Gasteiger partial charge in [-0.2, -0.15) is 5.10 Å². The van der Waals surface area contributed by atoms with Crippen molar-refractivity contribution in [3.8, 4) is 0 Å². The molecule has 0 radical (unpaired) electrons. The maximum absolute atomic E-state index is 12.6. The summed E-state index contributed by atoms with van der Waals surface area (Å²) in [6, 6.07) is 1.62. The second-order valence-electron chi connectivity index (χ2n) is 5.76. The summed E-state index contributed by atoms with van der Waals surface area (Å²) in [5.41, 5.74) is 4.10. The minimum absolute atomic E-state index is 0.0801. The highest BCUT2D eigenvalue weighted by Crippen LogP contribution is 2.15. The predicted molar refractivity (Wildman–Crippen MR) is 90.0 cm³/mol. The topological polar surface area (TPSA) is 78.3 Å². The van der Waals surface area contributed by atoms with E-state index in [0.717, 1.165) is 17.8 Å². The van der Waals surface area contributed by atoms with E-state index in [9.17, 15) is 4.79 Å². The number of amides is 1. The Morgan fingerprint density at radius 1 is 1.58 bits per heavy atom. The molecule has 2 aromatic rings. The van der Waals surface area contributed by atoms with Crippen LogP contribution in [0.2, 0.25) is 0 Å². The summed E-state index contributed by atoms with van der Waals surface area (Å²) < 4.78 is 13.2. The molecule has 1 aliphatic rings. The van der Waals surface area contributed by atoms with Crippen molar-refractivity contribution in [3.63, 3.8) is 0 Å². The first-order valence-electron chi connectivity index (χ1n) is 8.09. The van der Waals surface area contributed by atoms with Crippen LogP contribution in [0.5, 0.6) is 0 Å². The number of thiazole rings is 1. The molecule has 3 rings (SSSR count). The normalized spacial score (nSPS) is 20.9. The number of rotatable bonds is 6. The fourth-order valence-corrected chi connectivity index (χ4v) is 3.31. The molecule has 8 heteroatoms. The van der Waals surface area contributed by atoms with Gasteiger partial charge in [0, 0.05) is 18.5 Å². The van der Waals surface area contributed by atoms with Crippen LogP contribution in [0.25, 0.3) is 0 Å². The van der Waals surface area contributed by atoms with E-state index in [0.29, 0.717) is 32.1 Å². The van der Waals surface area contributed by atoms with Gasteiger partial charge in [0.25, 0.3) is 5.91 Å². The second-order valence-corrected chi connectivity index (χ2v) is 6.48. The van der Waals surface area contributed by atoms with Crippen LogP contribution < -0.4 is 5.32 Å². The van der Waals surface area contributed by atoms with Gasteiger partial charge in [0.15, 0.2) is 0 Å². The van der Waals surface area contributed by atoms with Crippen molar-refractivity contribution in [1.82, 2.24) is 20.1 Å². The molecule has 130 valence electrons. The van der Waals surface area contributed by atoms with Crippen LogP contribution in [0.1, 0.15) is 35.2 Å². The molecular formula is C16H22N4O3S. The molecule has 0 saturated carbocycles. The van der Waals surface area contributed by atoms with Crippen LogP contribution >= 0.6 is 11.3 Å². The number of hydrogen-bond acceptors (Lipinski definition) is 6. The Labute approximate surface area is 145 Å². The Morgan fingerprint density at radius 3 is 3.21 bits per heavy atom. The van der Waals surface area contributed by atoms with Crippen molar-refractivity contribution in [2.75, 3.05) is 13.2 Å². The average molecular weight is 350 g/mol. The number of carbonyl (C=O) groups is 1. The van der Waals surface area contributed by atoms with Crippen molar-refractivity contribution in [2.45, 2.75) is 45.6 Å². The Hall–Kier alpha value is -1.77. The third kappa shape index (κ3) is 4.00. The Morgan fingerprint density at radius 2 is 2.46 bits per heavy atom. The van der Waals surface area contributed by atoms with Gasteiger partial charge in [0.1, 0.15) is 5.69 Å². The zero-order valence-electron chi connectivity index (χ0n) is 13.9. The number of aromatic nitrogens is 3. The zero-order valence-corrected chi connectivity index (χ0v) is 14.7. The van der Waals surface area contributed by atoms with Gasteiger partial charge in [-0.05, 0) is 26.3 Å². The minimum Gasteiger partial charge on any atom is -0.379 e. The SMILES string of the molecule is CCn1nc(C)cc1C(=O)NC1COCCC1OCc1cscn1. The zero-order chi connectivity index (χ0) is 16.9. The summed E-state index contributed by atoms with van der Waals surface area (Å²) in [6.45, 7) is 6.04. The lowest BCUT2D eigenvalue weighted by Gasteiger charge is -2.31. The molecule has 2 aromatic heterocycles. The maximum Gasteiger partial charge on any atom is 0.269 e. The maximum atomic E-state index is 12.6. The van der Waals surface area contributed by atoms with Gasteiger partial charge in [0.05, 0.1) is 42.3 Å². The highest BCUT2D eigenvalue weighted by Gasteiger charge is 2.29. The van der Waals surface area contributed by atoms with E-state index < -0.39 is 0 Å². The van der Waals surface area contributed by atoms with E-state index in [2.05, 4.69) is 15.4 Å². The average Bonchev–Trinajstić information content (AvgIpc) is 3.23. The Kier molecular flexibility index (Phi) is 5.60. The fourth-order valence-electron chi connectivity index (χ4n) is 2.77. The molecule has 1 saturated heterocycles. The number of carbonyl (C=O) groups excluding carboxylic acids is 1. The Bertz CT molecular complexity index is 671. The molecule has 1 N–H and O–H groups in total. The monoisotopic (exact) mass is 350 g/mol. The van der Waals surface area contributed by atoms with Crippen LogP contribution in [0.15, 0.2) is 17.0 Å². The second kappa shape index (κ2) is 7.87. The highest BCUT2D eigenvalue weighted by atomic mass is 32.1. The molecule has 2 unspecified atom stereocenters. The lowest BCUT2D eigenvalue weighted by atomic mass is 10.1. The van der Waals surface area contributed by atoms with E-state index in [1.807, 2.05) is 19.2 Å². The van der Waals surface area contributed by atoms with Crippen LogP contribution in [-0.2, 0) is 22.6 Å². The summed E-state index contributed by atoms with van der Waals surface area (Å²) in [4.78, 5) is 16.8. The molecule has 0 spiro atoms. The lowest BCUT2D eigenvalue weighted by Crippen LogP contribution is -2.50. The number of ether oxygens (including phenoxy) is 2. The van der Waals surface area contributed by atoms with Gasteiger partial charge in [-0.3, -0.25) is 9.48 Å². The molecule has 1 fully saturated rings. The molecule has 1 aliphatic heterocycles. The quantitative estimate of drug-likeness (QED) is 0.859. The number of nitrogens with zero attached hydrogens (tertiary/aromatic N) is 3. The summed E-state index contributed by atoms with van der Waals surface area (Å²) in [7, 11) is 0. The number of aryl methyl sites for hydroxylation is 2. The lowest BCUT2D eigenvalue weighted by molar-refractivity contribution is -0.0612. The van der Waals surface area contributed by atoms with E-state index in [4.69, 9.17) is 9.47 Å². The minimum atomic E-state index is -0.176.